The highest BCUT2D eigenvalue weighted by Gasteiger charge is 2.01. The molecule has 5 nitrogen and oxygen atoms in total. The molecule has 0 unspecified atom stereocenters. The molecule has 6 heteroatoms. The summed E-state index contributed by atoms with van der Waals surface area (Å²) in [6.45, 7) is 0.634. The second-order valence-electron chi connectivity index (χ2n) is 5.11. The van der Waals surface area contributed by atoms with E-state index in [1.165, 1.54) is 0 Å². The predicted molar refractivity (Wildman–Crippen MR) is 100 cm³/mol. The van der Waals surface area contributed by atoms with Crippen molar-refractivity contribution in [1.82, 2.24) is 20.6 Å². The van der Waals surface area contributed by atoms with E-state index >= 15 is 0 Å². The van der Waals surface area contributed by atoms with Gasteiger partial charge in [-0.15, -0.1) is 0 Å². The fourth-order valence-corrected chi connectivity index (χ4v) is 2.32. The molecule has 0 saturated heterocycles. The summed E-state index contributed by atoms with van der Waals surface area (Å²) >= 11 is 5.20. The molecular formula is C18H16N4OS. The molecule has 2 aromatic carbocycles. The van der Waals surface area contributed by atoms with Crippen molar-refractivity contribution >= 4 is 34.4 Å². The number of thiocarbonyl (C=S) groups is 1. The molecule has 0 aliphatic rings. The van der Waals surface area contributed by atoms with Crippen molar-refractivity contribution in [3.8, 4) is 0 Å². The first-order valence-electron chi connectivity index (χ1n) is 7.46. The van der Waals surface area contributed by atoms with E-state index in [4.69, 9.17) is 12.2 Å². The zero-order chi connectivity index (χ0) is 16.8. The summed E-state index contributed by atoms with van der Waals surface area (Å²) in [5, 5.41) is 6.49. The molecule has 0 radical (unpaired) electrons. The summed E-state index contributed by atoms with van der Waals surface area (Å²) in [6, 6.07) is 17.4. The molecule has 3 N–H and O–H groups in total. The van der Waals surface area contributed by atoms with Gasteiger partial charge in [0.15, 0.2) is 5.11 Å². The molecule has 1 heterocycles. The Bertz CT molecular complexity index is 934. The maximum absolute atomic E-state index is 12.0. The maximum Gasteiger partial charge on any atom is 0.274 e. The SMILES string of the molecule is O=c1[nH]c2ccccc2nc1C=CNC(=S)NCc1ccccc1. The number of benzene rings is 2. The minimum absolute atomic E-state index is 0.241. The van der Waals surface area contributed by atoms with E-state index in [9.17, 15) is 4.79 Å². The monoisotopic (exact) mass is 336 g/mol. The third kappa shape index (κ3) is 4.05. The number of para-hydroxylation sites is 2. The Hall–Kier alpha value is -2.99. The Labute approximate surface area is 144 Å². The second-order valence-corrected chi connectivity index (χ2v) is 5.52. The van der Waals surface area contributed by atoms with Crippen molar-refractivity contribution in [2.24, 2.45) is 0 Å². The second kappa shape index (κ2) is 7.52. The van der Waals surface area contributed by atoms with Crippen molar-refractivity contribution < 1.29 is 0 Å². The fourth-order valence-electron chi connectivity index (χ4n) is 2.18. The van der Waals surface area contributed by atoms with Gasteiger partial charge in [-0.2, -0.15) is 0 Å². The van der Waals surface area contributed by atoms with E-state index in [-0.39, 0.29) is 5.56 Å². The normalized spacial score (nSPS) is 10.8. The van der Waals surface area contributed by atoms with E-state index in [1.54, 1.807) is 12.3 Å². The predicted octanol–water partition coefficient (Wildman–Crippen LogP) is 2.56. The van der Waals surface area contributed by atoms with Crippen LogP contribution >= 0.6 is 12.2 Å². The van der Waals surface area contributed by atoms with Crippen LogP contribution in [0.3, 0.4) is 0 Å². The van der Waals surface area contributed by atoms with Gasteiger partial charge in [0.05, 0.1) is 11.0 Å². The summed E-state index contributed by atoms with van der Waals surface area (Å²) in [6.07, 6.45) is 3.20. The van der Waals surface area contributed by atoms with E-state index in [2.05, 4.69) is 20.6 Å². The van der Waals surface area contributed by atoms with Gasteiger partial charge in [-0.3, -0.25) is 4.79 Å². The highest BCUT2D eigenvalue weighted by Crippen LogP contribution is 2.06. The molecule has 0 amide bonds. The lowest BCUT2D eigenvalue weighted by molar-refractivity contribution is 0.901. The zero-order valence-electron chi connectivity index (χ0n) is 12.8. The molecular weight excluding hydrogens is 320 g/mol. The highest BCUT2D eigenvalue weighted by atomic mass is 32.1. The van der Waals surface area contributed by atoms with Crippen molar-refractivity contribution in [3.63, 3.8) is 0 Å². The number of fused-ring (bicyclic) bond motifs is 1. The van der Waals surface area contributed by atoms with Crippen LogP contribution < -0.4 is 16.2 Å². The standard InChI is InChI=1S/C18H16N4OS/c23-17-16(21-14-8-4-5-9-15(14)22-17)10-11-19-18(24)20-12-13-6-2-1-3-7-13/h1-11H,12H2,(H,22,23)(H2,19,20,24). The first-order chi connectivity index (χ1) is 11.7. The number of nitrogens with one attached hydrogen (secondary N) is 3. The quantitative estimate of drug-likeness (QED) is 0.639. The summed E-state index contributed by atoms with van der Waals surface area (Å²) in [4.78, 5) is 19.1. The van der Waals surface area contributed by atoms with Crippen LogP contribution in [0.4, 0.5) is 0 Å². The molecule has 24 heavy (non-hydrogen) atoms. The lowest BCUT2D eigenvalue weighted by Crippen LogP contribution is -2.31. The van der Waals surface area contributed by atoms with Gasteiger partial charge in [0.2, 0.25) is 0 Å². The van der Waals surface area contributed by atoms with Crippen LogP contribution in [0.5, 0.6) is 0 Å². The van der Waals surface area contributed by atoms with Crippen LogP contribution in [0.1, 0.15) is 11.3 Å². The van der Waals surface area contributed by atoms with E-state index in [1.807, 2.05) is 54.6 Å². The van der Waals surface area contributed by atoms with Crippen LogP contribution in [0.2, 0.25) is 0 Å². The summed E-state index contributed by atoms with van der Waals surface area (Å²) in [7, 11) is 0. The van der Waals surface area contributed by atoms with Gasteiger partial charge in [0, 0.05) is 12.7 Å². The van der Waals surface area contributed by atoms with Crippen LogP contribution in [0, 0.1) is 0 Å². The number of nitrogens with zero attached hydrogens (tertiary/aromatic N) is 1. The third-order valence-electron chi connectivity index (χ3n) is 3.38. The van der Waals surface area contributed by atoms with Crippen molar-refractivity contribution in [3.05, 3.63) is 82.4 Å². The topological polar surface area (TPSA) is 69.8 Å². The van der Waals surface area contributed by atoms with Gasteiger partial charge < -0.3 is 15.6 Å². The van der Waals surface area contributed by atoms with Crippen LogP contribution in [0.15, 0.2) is 65.6 Å². The first-order valence-corrected chi connectivity index (χ1v) is 7.87. The van der Waals surface area contributed by atoms with Gasteiger partial charge in [-0.25, -0.2) is 4.98 Å². The van der Waals surface area contributed by atoms with E-state index in [0.29, 0.717) is 22.9 Å². The van der Waals surface area contributed by atoms with Gasteiger partial charge in [-0.05, 0) is 36.0 Å². The molecule has 3 rings (SSSR count). The molecule has 0 saturated carbocycles. The first kappa shape index (κ1) is 15.9. The highest BCUT2D eigenvalue weighted by molar-refractivity contribution is 7.80. The molecule has 120 valence electrons. The van der Waals surface area contributed by atoms with Crippen LogP contribution in [0.25, 0.3) is 17.1 Å². The number of aromatic nitrogens is 2. The van der Waals surface area contributed by atoms with Crippen molar-refractivity contribution in [1.29, 1.82) is 0 Å². The minimum Gasteiger partial charge on any atom is -0.358 e. The van der Waals surface area contributed by atoms with Gasteiger partial charge in [0.1, 0.15) is 5.69 Å². The Morgan fingerprint density at radius 1 is 1.12 bits per heavy atom. The largest absolute Gasteiger partial charge is 0.358 e. The number of hydrogen-bond acceptors (Lipinski definition) is 3. The molecule has 1 aromatic heterocycles. The maximum atomic E-state index is 12.0. The minimum atomic E-state index is -0.241. The third-order valence-corrected chi connectivity index (χ3v) is 3.64. The van der Waals surface area contributed by atoms with Gasteiger partial charge in [-0.1, -0.05) is 42.5 Å². The zero-order valence-corrected chi connectivity index (χ0v) is 13.6. The number of hydrogen-bond donors (Lipinski definition) is 3. The summed E-state index contributed by atoms with van der Waals surface area (Å²) < 4.78 is 0. The lowest BCUT2D eigenvalue weighted by Gasteiger charge is -2.07. The number of aromatic amines is 1. The molecule has 0 spiro atoms. The van der Waals surface area contributed by atoms with Gasteiger partial charge in [0.25, 0.3) is 5.56 Å². The summed E-state index contributed by atoms with van der Waals surface area (Å²) in [5.41, 5.74) is 2.68. The molecule has 0 aliphatic carbocycles. The molecule has 0 bridgehead atoms. The Morgan fingerprint density at radius 3 is 2.71 bits per heavy atom. The summed E-state index contributed by atoms with van der Waals surface area (Å²) in [5.74, 6) is 0. The van der Waals surface area contributed by atoms with E-state index < -0.39 is 0 Å². The Balaban J connectivity index is 1.60. The van der Waals surface area contributed by atoms with Crippen molar-refractivity contribution in [2.45, 2.75) is 6.54 Å². The van der Waals surface area contributed by atoms with E-state index in [0.717, 1.165) is 11.1 Å². The molecule has 0 fully saturated rings. The smallest absolute Gasteiger partial charge is 0.274 e. The van der Waals surface area contributed by atoms with Crippen LogP contribution in [-0.4, -0.2) is 15.1 Å². The molecule has 0 atom stereocenters. The van der Waals surface area contributed by atoms with Gasteiger partial charge >= 0.3 is 0 Å². The Morgan fingerprint density at radius 2 is 1.88 bits per heavy atom. The average Bonchev–Trinajstić information content (AvgIpc) is 2.61. The fraction of sp³-hybridized carbons (Fsp3) is 0.0556. The molecule has 3 aromatic rings. The lowest BCUT2D eigenvalue weighted by atomic mass is 10.2. The molecule has 0 aliphatic heterocycles. The average molecular weight is 336 g/mol. The Kier molecular flexibility index (Phi) is 4.98. The number of rotatable bonds is 4. The van der Waals surface area contributed by atoms with Crippen LogP contribution in [-0.2, 0) is 6.54 Å². The van der Waals surface area contributed by atoms with Crippen molar-refractivity contribution in [2.75, 3.05) is 0 Å². The number of H-pyrrole nitrogens is 1.